The van der Waals surface area contributed by atoms with Crippen molar-refractivity contribution in [3.05, 3.63) is 30.3 Å². The largest absolute Gasteiger partial charge is 0.368 e. The van der Waals surface area contributed by atoms with Crippen LogP contribution in [0.5, 0.6) is 0 Å². The number of amides is 2. The van der Waals surface area contributed by atoms with Crippen molar-refractivity contribution in [1.82, 2.24) is 10.2 Å². The van der Waals surface area contributed by atoms with Gasteiger partial charge in [-0.2, -0.15) is 0 Å². The maximum atomic E-state index is 11.4. The van der Waals surface area contributed by atoms with Gasteiger partial charge in [-0.15, -0.1) is 0 Å². The predicted octanol–water partition coefficient (Wildman–Crippen LogP) is 1.15. The molecule has 16 heavy (non-hydrogen) atoms. The lowest BCUT2D eigenvalue weighted by atomic mass is 10.2. The highest BCUT2D eigenvalue weighted by molar-refractivity contribution is 5.74. The van der Waals surface area contributed by atoms with Gasteiger partial charge in [0.15, 0.2) is 0 Å². The second kappa shape index (κ2) is 4.88. The molecule has 1 aliphatic rings. The number of anilines is 1. The minimum atomic E-state index is 0.0210. The van der Waals surface area contributed by atoms with Crippen LogP contribution in [0.4, 0.5) is 10.5 Å². The quantitative estimate of drug-likeness (QED) is 0.769. The van der Waals surface area contributed by atoms with Crippen molar-refractivity contribution < 1.29 is 4.79 Å². The monoisotopic (exact) mass is 219 g/mol. The lowest BCUT2D eigenvalue weighted by Crippen LogP contribution is -2.51. The normalized spacial score (nSPS) is 16.1. The van der Waals surface area contributed by atoms with E-state index in [0.29, 0.717) is 0 Å². The highest BCUT2D eigenvalue weighted by Gasteiger charge is 2.19. The highest BCUT2D eigenvalue weighted by atomic mass is 16.2. The zero-order valence-corrected chi connectivity index (χ0v) is 9.52. The molecule has 0 saturated carbocycles. The number of nitrogens with zero attached hydrogens (tertiary/aromatic N) is 2. The minimum Gasteiger partial charge on any atom is -0.368 e. The van der Waals surface area contributed by atoms with E-state index in [9.17, 15) is 4.79 Å². The molecule has 0 atom stereocenters. The fourth-order valence-corrected chi connectivity index (χ4v) is 1.96. The van der Waals surface area contributed by atoms with Crippen molar-refractivity contribution >= 4 is 11.7 Å². The molecule has 1 fully saturated rings. The molecule has 0 unspecified atom stereocenters. The van der Waals surface area contributed by atoms with Crippen LogP contribution in [0.1, 0.15) is 0 Å². The Balaban J connectivity index is 1.93. The summed E-state index contributed by atoms with van der Waals surface area (Å²) in [6.45, 7) is 3.37. The molecule has 0 aromatic heterocycles. The maximum absolute atomic E-state index is 11.4. The summed E-state index contributed by atoms with van der Waals surface area (Å²) in [4.78, 5) is 15.6. The number of hydrogen-bond acceptors (Lipinski definition) is 2. The first-order valence-electron chi connectivity index (χ1n) is 5.58. The average molecular weight is 219 g/mol. The second-order valence-corrected chi connectivity index (χ2v) is 3.86. The molecule has 2 rings (SSSR count). The molecular formula is C12H17N3O. The van der Waals surface area contributed by atoms with Gasteiger partial charge in [-0.3, -0.25) is 0 Å². The van der Waals surface area contributed by atoms with Gasteiger partial charge < -0.3 is 15.1 Å². The number of piperazine rings is 1. The van der Waals surface area contributed by atoms with Gasteiger partial charge >= 0.3 is 6.03 Å². The van der Waals surface area contributed by atoms with E-state index >= 15 is 0 Å². The summed E-state index contributed by atoms with van der Waals surface area (Å²) in [5.41, 5.74) is 1.24. The summed E-state index contributed by atoms with van der Waals surface area (Å²) in [6, 6.07) is 10.3. The van der Waals surface area contributed by atoms with Crippen LogP contribution in [0, 0.1) is 0 Å². The van der Waals surface area contributed by atoms with Gasteiger partial charge in [0.25, 0.3) is 0 Å². The number of nitrogens with one attached hydrogen (secondary N) is 1. The van der Waals surface area contributed by atoms with Gasteiger partial charge in [0.05, 0.1) is 0 Å². The van der Waals surface area contributed by atoms with E-state index in [4.69, 9.17) is 0 Å². The Labute approximate surface area is 95.8 Å². The molecule has 4 nitrogen and oxygen atoms in total. The van der Waals surface area contributed by atoms with Crippen molar-refractivity contribution in [2.24, 2.45) is 0 Å². The van der Waals surface area contributed by atoms with E-state index in [0.717, 1.165) is 26.2 Å². The smallest absolute Gasteiger partial charge is 0.317 e. The minimum absolute atomic E-state index is 0.0210. The molecule has 1 aromatic rings. The SMILES string of the molecule is CNC(=O)N1CCN(c2ccccc2)CC1. The number of carbonyl (C=O) groups is 1. The van der Waals surface area contributed by atoms with E-state index in [2.05, 4.69) is 22.3 Å². The van der Waals surface area contributed by atoms with E-state index in [1.54, 1.807) is 7.05 Å². The molecule has 86 valence electrons. The van der Waals surface area contributed by atoms with Gasteiger partial charge in [-0.05, 0) is 12.1 Å². The van der Waals surface area contributed by atoms with E-state index in [1.165, 1.54) is 5.69 Å². The van der Waals surface area contributed by atoms with Crippen LogP contribution in [-0.2, 0) is 0 Å². The lowest BCUT2D eigenvalue weighted by molar-refractivity contribution is 0.196. The number of urea groups is 1. The van der Waals surface area contributed by atoms with Crippen LogP contribution >= 0.6 is 0 Å². The molecule has 0 bridgehead atoms. The Morgan fingerprint density at radius 1 is 1.12 bits per heavy atom. The molecule has 2 amide bonds. The van der Waals surface area contributed by atoms with Crippen molar-refractivity contribution in [3.8, 4) is 0 Å². The Bertz CT molecular complexity index is 345. The van der Waals surface area contributed by atoms with Crippen LogP contribution in [-0.4, -0.2) is 44.2 Å². The van der Waals surface area contributed by atoms with Crippen molar-refractivity contribution in [2.75, 3.05) is 38.1 Å². The number of para-hydroxylation sites is 1. The molecule has 1 heterocycles. The van der Waals surface area contributed by atoms with Gasteiger partial charge in [-0.1, -0.05) is 18.2 Å². The Kier molecular flexibility index (Phi) is 3.29. The van der Waals surface area contributed by atoms with Crippen LogP contribution < -0.4 is 10.2 Å². The first kappa shape index (κ1) is 10.8. The van der Waals surface area contributed by atoms with Crippen LogP contribution in [0.15, 0.2) is 30.3 Å². The van der Waals surface area contributed by atoms with Gasteiger partial charge in [0.1, 0.15) is 0 Å². The number of hydrogen-bond donors (Lipinski definition) is 1. The van der Waals surface area contributed by atoms with E-state index in [-0.39, 0.29) is 6.03 Å². The fraction of sp³-hybridized carbons (Fsp3) is 0.417. The zero-order valence-electron chi connectivity index (χ0n) is 9.52. The van der Waals surface area contributed by atoms with Crippen LogP contribution in [0.2, 0.25) is 0 Å². The molecule has 1 aliphatic heterocycles. The Hall–Kier alpha value is -1.71. The molecule has 0 aliphatic carbocycles. The summed E-state index contributed by atoms with van der Waals surface area (Å²) in [7, 11) is 1.67. The third kappa shape index (κ3) is 2.27. The van der Waals surface area contributed by atoms with Gasteiger partial charge in [0.2, 0.25) is 0 Å². The average Bonchev–Trinajstić information content (AvgIpc) is 2.39. The molecule has 1 N–H and O–H groups in total. The lowest BCUT2D eigenvalue weighted by Gasteiger charge is -2.35. The van der Waals surface area contributed by atoms with E-state index < -0.39 is 0 Å². The Morgan fingerprint density at radius 3 is 2.31 bits per heavy atom. The van der Waals surface area contributed by atoms with Crippen molar-refractivity contribution in [1.29, 1.82) is 0 Å². The third-order valence-corrected chi connectivity index (χ3v) is 2.90. The fourth-order valence-electron chi connectivity index (χ4n) is 1.96. The predicted molar refractivity (Wildman–Crippen MR) is 64.7 cm³/mol. The first-order chi connectivity index (χ1) is 7.81. The molecule has 0 spiro atoms. The molecule has 4 heteroatoms. The standard InChI is InChI=1S/C12H17N3O/c1-13-12(16)15-9-7-14(8-10-15)11-5-3-2-4-6-11/h2-6H,7-10H2,1H3,(H,13,16). The molecule has 0 radical (unpaired) electrons. The third-order valence-electron chi connectivity index (χ3n) is 2.90. The van der Waals surface area contributed by atoms with Gasteiger partial charge in [0, 0.05) is 38.9 Å². The van der Waals surface area contributed by atoms with Crippen molar-refractivity contribution in [3.63, 3.8) is 0 Å². The summed E-state index contributed by atoms with van der Waals surface area (Å²) in [5.74, 6) is 0. The summed E-state index contributed by atoms with van der Waals surface area (Å²) in [5, 5.41) is 2.66. The van der Waals surface area contributed by atoms with Crippen LogP contribution in [0.25, 0.3) is 0 Å². The molecule has 1 saturated heterocycles. The summed E-state index contributed by atoms with van der Waals surface area (Å²) >= 11 is 0. The maximum Gasteiger partial charge on any atom is 0.317 e. The number of benzene rings is 1. The first-order valence-corrected chi connectivity index (χ1v) is 5.58. The summed E-state index contributed by atoms with van der Waals surface area (Å²) < 4.78 is 0. The summed E-state index contributed by atoms with van der Waals surface area (Å²) in [6.07, 6.45) is 0. The Morgan fingerprint density at radius 2 is 1.75 bits per heavy atom. The molecular weight excluding hydrogens is 202 g/mol. The van der Waals surface area contributed by atoms with E-state index in [1.807, 2.05) is 23.1 Å². The van der Waals surface area contributed by atoms with Crippen LogP contribution in [0.3, 0.4) is 0 Å². The topological polar surface area (TPSA) is 35.6 Å². The van der Waals surface area contributed by atoms with Gasteiger partial charge in [-0.25, -0.2) is 4.79 Å². The second-order valence-electron chi connectivity index (χ2n) is 3.86. The number of rotatable bonds is 1. The zero-order chi connectivity index (χ0) is 11.4. The highest BCUT2D eigenvalue weighted by Crippen LogP contribution is 2.15. The van der Waals surface area contributed by atoms with Crippen molar-refractivity contribution in [2.45, 2.75) is 0 Å². The molecule has 1 aromatic carbocycles. The number of carbonyl (C=O) groups excluding carboxylic acids is 1.